The lowest BCUT2D eigenvalue weighted by atomic mass is 10.1. The fourth-order valence-electron chi connectivity index (χ4n) is 1.64. The number of halogens is 2. The minimum Gasteiger partial charge on any atom is -0.444 e. The number of alkyl carbamates (subject to hydrolysis) is 1. The largest absolute Gasteiger partial charge is 0.444 e. The molecule has 1 rings (SSSR count). The maximum absolute atomic E-state index is 11.8. The van der Waals surface area contributed by atoms with Crippen molar-refractivity contribution in [2.24, 2.45) is 5.41 Å². The SMILES string of the molecule is CC(C)(C)OC(=O)NCCCNC(=O)[C@@]1(C)CC1(Cl)Cl. The summed E-state index contributed by atoms with van der Waals surface area (Å²) >= 11 is 11.8. The van der Waals surface area contributed by atoms with Crippen LogP contribution in [0.25, 0.3) is 0 Å². The van der Waals surface area contributed by atoms with Crippen molar-refractivity contribution in [2.75, 3.05) is 13.1 Å². The predicted molar refractivity (Wildman–Crippen MR) is 79.0 cm³/mol. The Morgan fingerprint density at radius 1 is 1.20 bits per heavy atom. The summed E-state index contributed by atoms with van der Waals surface area (Å²) in [6.45, 7) is 8.02. The van der Waals surface area contributed by atoms with Crippen LogP contribution in [0.1, 0.15) is 40.5 Å². The fraction of sp³-hybridized carbons (Fsp3) is 0.846. The number of hydrogen-bond acceptors (Lipinski definition) is 3. The molecule has 0 aliphatic heterocycles. The molecule has 0 aromatic rings. The number of carbonyl (C=O) groups excluding carboxylic acids is 2. The van der Waals surface area contributed by atoms with Gasteiger partial charge in [0.25, 0.3) is 0 Å². The first-order valence-electron chi connectivity index (χ1n) is 6.61. The Balaban J connectivity index is 2.12. The molecule has 1 fully saturated rings. The first-order chi connectivity index (χ1) is 8.98. The molecule has 1 aliphatic rings. The minimum absolute atomic E-state index is 0.153. The van der Waals surface area contributed by atoms with Gasteiger partial charge in [0, 0.05) is 13.1 Å². The van der Waals surface area contributed by atoms with E-state index < -0.39 is 21.4 Å². The molecule has 0 heterocycles. The second kappa shape index (κ2) is 5.98. The maximum atomic E-state index is 11.8. The highest BCUT2D eigenvalue weighted by molar-refractivity contribution is 6.53. The van der Waals surface area contributed by atoms with Gasteiger partial charge in [-0.15, -0.1) is 23.2 Å². The van der Waals surface area contributed by atoms with Crippen molar-refractivity contribution < 1.29 is 14.3 Å². The normalized spacial score (nSPS) is 23.9. The molecule has 0 radical (unpaired) electrons. The highest BCUT2D eigenvalue weighted by Crippen LogP contribution is 2.63. The molecule has 1 saturated carbocycles. The summed E-state index contributed by atoms with van der Waals surface area (Å²) in [6, 6.07) is 0. The monoisotopic (exact) mass is 324 g/mol. The molecule has 2 amide bonds. The van der Waals surface area contributed by atoms with Crippen LogP contribution in [0.5, 0.6) is 0 Å². The van der Waals surface area contributed by atoms with Crippen molar-refractivity contribution in [3.05, 3.63) is 0 Å². The van der Waals surface area contributed by atoms with E-state index in [1.807, 2.05) is 0 Å². The Bertz CT molecular complexity index is 394. The van der Waals surface area contributed by atoms with E-state index in [2.05, 4.69) is 10.6 Å². The van der Waals surface area contributed by atoms with Gasteiger partial charge in [-0.1, -0.05) is 0 Å². The molecule has 0 spiro atoms. The van der Waals surface area contributed by atoms with E-state index in [0.29, 0.717) is 25.9 Å². The molecule has 2 N–H and O–H groups in total. The van der Waals surface area contributed by atoms with Crippen LogP contribution in [0.3, 0.4) is 0 Å². The third-order valence-electron chi connectivity index (χ3n) is 3.07. The van der Waals surface area contributed by atoms with Crippen molar-refractivity contribution in [2.45, 2.75) is 50.5 Å². The zero-order valence-electron chi connectivity index (χ0n) is 12.3. The third-order valence-corrected chi connectivity index (χ3v) is 4.17. The Morgan fingerprint density at radius 2 is 1.70 bits per heavy atom. The van der Waals surface area contributed by atoms with Gasteiger partial charge in [0.05, 0.1) is 5.41 Å². The van der Waals surface area contributed by atoms with Crippen LogP contribution >= 0.6 is 23.2 Å². The molecule has 116 valence electrons. The molecule has 20 heavy (non-hydrogen) atoms. The highest BCUT2D eigenvalue weighted by atomic mass is 35.5. The van der Waals surface area contributed by atoms with Gasteiger partial charge in [-0.2, -0.15) is 0 Å². The molecule has 0 unspecified atom stereocenters. The zero-order valence-corrected chi connectivity index (χ0v) is 13.8. The zero-order chi connectivity index (χ0) is 15.6. The number of rotatable bonds is 5. The number of ether oxygens (including phenoxy) is 1. The van der Waals surface area contributed by atoms with Crippen LogP contribution in [0.4, 0.5) is 4.79 Å². The first-order valence-corrected chi connectivity index (χ1v) is 7.36. The molecule has 1 aliphatic carbocycles. The summed E-state index contributed by atoms with van der Waals surface area (Å²) < 4.78 is 4.13. The predicted octanol–water partition coefficient (Wildman–Crippen LogP) is 2.60. The standard InChI is InChI=1S/C13H22Cl2N2O3/c1-11(2,3)20-10(19)17-7-5-6-16-9(18)12(4)8-13(12,14)15/h5-8H2,1-4H3,(H,16,18)(H,17,19)/t12-/m1/s1. The molecule has 0 bridgehead atoms. The van der Waals surface area contributed by atoms with Crippen LogP contribution in [-0.2, 0) is 9.53 Å². The van der Waals surface area contributed by atoms with Gasteiger partial charge in [-0.05, 0) is 40.5 Å². The van der Waals surface area contributed by atoms with Gasteiger partial charge < -0.3 is 15.4 Å². The third kappa shape index (κ3) is 4.70. The summed E-state index contributed by atoms with van der Waals surface area (Å²) in [7, 11) is 0. The highest BCUT2D eigenvalue weighted by Gasteiger charge is 2.67. The number of amides is 2. The summed E-state index contributed by atoms with van der Waals surface area (Å²) in [5.74, 6) is -0.153. The smallest absolute Gasteiger partial charge is 0.407 e. The topological polar surface area (TPSA) is 67.4 Å². The van der Waals surface area contributed by atoms with E-state index in [9.17, 15) is 9.59 Å². The van der Waals surface area contributed by atoms with E-state index in [1.165, 1.54) is 0 Å². The Kier molecular flexibility index (Phi) is 5.19. The Hall–Kier alpha value is -0.680. The average molecular weight is 325 g/mol. The van der Waals surface area contributed by atoms with E-state index >= 15 is 0 Å². The number of alkyl halides is 2. The van der Waals surface area contributed by atoms with Crippen molar-refractivity contribution in [1.82, 2.24) is 10.6 Å². The summed E-state index contributed by atoms with van der Waals surface area (Å²) in [5, 5.41) is 5.38. The first kappa shape index (κ1) is 17.4. The van der Waals surface area contributed by atoms with Crippen LogP contribution in [0.15, 0.2) is 0 Å². The van der Waals surface area contributed by atoms with E-state index in [4.69, 9.17) is 27.9 Å². The minimum atomic E-state index is -0.953. The number of hydrogen-bond donors (Lipinski definition) is 2. The lowest BCUT2D eigenvalue weighted by Crippen LogP contribution is -2.36. The second-order valence-corrected chi connectivity index (χ2v) is 7.74. The molecular weight excluding hydrogens is 303 g/mol. The molecule has 1 atom stereocenters. The van der Waals surface area contributed by atoms with Crippen LogP contribution in [0.2, 0.25) is 0 Å². The molecule has 0 aromatic heterocycles. The fourth-order valence-corrected chi connectivity index (χ4v) is 2.34. The lowest BCUT2D eigenvalue weighted by molar-refractivity contribution is -0.125. The van der Waals surface area contributed by atoms with Crippen LogP contribution in [0, 0.1) is 5.41 Å². The van der Waals surface area contributed by atoms with Gasteiger partial charge in [0.1, 0.15) is 9.93 Å². The summed E-state index contributed by atoms with van der Waals surface area (Å²) in [6.07, 6.45) is 0.613. The lowest BCUT2D eigenvalue weighted by Gasteiger charge is -2.19. The van der Waals surface area contributed by atoms with Crippen LogP contribution < -0.4 is 10.6 Å². The van der Waals surface area contributed by atoms with Crippen molar-refractivity contribution >= 4 is 35.2 Å². The molecular formula is C13H22Cl2N2O3. The van der Waals surface area contributed by atoms with E-state index in [-0.39, 0.29) is 5.91 Å². The van der Waals surface area contributed by atoms with Gasteiger partial charge >= 0.3 is 6.09 Å². The summed E-state index contributed by atoms with van der Waals surface area (Å²) in [4.78, 5) is 23.2. The summed E-state index contributed by atoms with van der Waals surface area (Å²) in [5.41, 5.74) is -1.21. The maximum Gasteiger partial charge on any atom is 0.407 e. The molecule has 0 aromatic carbocycles. The number of carbonyl (C=O) groups is 2. The van der Waals surface area contributed by atoms with E-state index in [1.54, 1.807) is 27.7 Å². The van der Waals surface area contributed by atoms with Gasteiger partial charge in [0.2, 0.25) is 5.91 Å². The average Bonchev–Trinajstić information content (AvgIpc) is 2.76. The van der Waals surface area contributed by atoms with Gasteiger partial charge in [0.15, 0.2) is 0 Å². The molecule has 5 nitrogen and oxygen atoms in total. The van der Waals surface area contributed by atoms with Gasteiger partial charge in [-0.3, -0.25) is 4.79 Å². The quantitative estimate of drug-likeness (QED) is 0.603. The number of nitrogens with one attached hydrogen (secondary N) is 2. The molecule has 0 saturated heterocycles. The Labute approximate surface area is 129 Å². The van der Waals surface area contributed by atoms with E-state index in [0.717, 1.165) is 0 Å². The van der Waals surface area contributed by atoms with Gasteiger partial charge in [-0.25, -0.2) is 4.79 Å². The van der Waals surface area contributed by atoms with Crippen LogP contribution in [-0.4, -0.2) is 35.0 Å². The molecule has 7 heteroatoms. The second-order valence-electron chi connectivity index (χ2n) is 6.25. The van der Waals surface area contributed by atoms with Crippen molar-refractivity contribution in [1.29, 1.82) is 0 Å². The van der Waals surface area contributed by atoms with Crippen molar-refractivity contribution in [3.8, 4) is 0 Å². The van der Waals surface area contributed by atoms with Crippen molar-refractivity contribution in [3.63, 3.8) is 0 Å². The Morgan fingerprint density at radius 3 is 2.15 bits per heavy atom.